The van der Waals surface area contributed by atoms with E-state index in [4.69, 9.17) is 4.98 Å². The van der Waals surface area contributed by atoms with Crippen LogP contribution in [0.25, 0.3) is 10.2 Å². The van der Waals surface area contributed by atoms with Crippen LogP contribution in [0.5, 0.6) is 0 Å². The van der Waals surface area contributed by atoms with Crippen LogP contribution >= 0.6 is 27.3 Å². The van der Waals surface area contributed by atoms with Gasteiger partial charge in [-0.3, -0.25) is 4.98 Å². The van der Waals surface area contributed by atoms with Gasteiger partial charge >= 0.3 is 0 Å². The molecule has 5 heterocycles. The van der Waals surface area contributed by atoms with E-state index in [1.165, 1.54) is 4.70 Å². The van der Waals surface area contributed by atoms with E-state index in [2.05, 4.69) is 47.8 Å². The highest BCUT2D eigenvalue weighted by Crippen LogP contribution is 2.38. The fraction of sp³-hybridized carbons (Fsp3) is 0.353. The predicted octanol–water partition coefficient (Wildman–Crippen LogP) is 3.42. The lowest BCUT2D eigenvalue weighted by molar-refractivity contribution is 0.533. The topological polar surface area (TPSA) is 45.2 Å². The summed E-state index contributed by atoms with van der Waals surface area (Å²) in [5, 5.41) is 1.14. The summed E-state index contributed by atoms with van der Waals surface area (Å²) >= 11 is 5.23. The van der Waals surface area contributed by atoms with E-state index in [9.17, 15) is 0 Å². The molecule has 2 unspecified atom stereocenters. The second-order valence-corrected chi connectivity index (χ2v) is 8.43. The van der Waals surface area contributed by atoms with Crippen LogP contribution in [-0.4, -0.2) is 41.1 Å². The molecule has 2 atom stereocenters. The van der Waals surface area contributed by atoms with Gasteiger partial charge in [-0.25, -0.2) is 9.97 Å². The molecule has 3 aromatic rings. The Bertz CT molecular complexity index is 833. The lowest BCUT2D eigenvalue weighted by atomic mass is 10.0. The maximum atomic E-state index is 4.76. The highest BCUT2D eigenvalue weighted by Gasteiger charge is 2.41. The van der Waals surface area contributed by atoms with E-state index >= 15 is 0 Å². The number of thiazole rings is 1. The molecule has 2 aliphatic heterocycles. The Morgan fingerprint density at radius 1 is 1.00 bits per heavy atom. The average Bonchev–Trinajstić information content (AvgIpc) is 3.27. The van der Waals surface area contributed by atoms with Crippen molar-refractivity contribution in [2.24, 2.45) is 11.8 Å². The van der Waals surface area contributed by atoms with Crippen LogP contribution in [0.2, 0.25) is 0 Å². The monoisotopic (exact) mass is 401 g/mol. The molecule has 7 heteroatoms. The third-order valence-corrected chi connectivity index (χ3v) is 6.54. The predicted molar refractivity (Wildman–Crippen MR) is 101 cm³/mol. The SMILES string of the molecule is Brc1ccc(N2CC3CN(c4nc5cnccc5s4)CC3C2)nc1. The molecular weight excluding hydrogens is 386 g/mol. The quantitative estimate of drug-likeness (QED) is 0.658. The molecular formula is C17H16BrN5S. The summed E-state index contributed by atoms with van der Waals surface area (Å²) in [4.78, 5) is 18.3. The van der Waals surface area contributed by atoms with Gasteiger partial charge in [-0.05, 0) is 34.1 Å². The Hall–Kier alpha value is -1.73. The first-order valence-corrected chi connectivity index (χ1v) is 9.69. The summed E-state index contributed by atoms with van der Waals surface area (Å²) in [6.45, 7) is 4.35. The third-order valence-electron chi connectivity index (χ3n) is 4.97. The fourth-order valence-corrected chi connectivity index (χ4v) is 4.98. The summed E-state index contributed by atoms with van der Waals surface area (Å²) in [7, 11) is 0. The molecule has 0 radical (unpaired) electrons. The van der Waals surface area contributed by atoms with Crippen molar-refractivity contribution in [2.75, 3.05) is 36.0 Å². The van der Waals surface area contributed by atoms with Crippen molar-refractivity contribution < 1.29 is 0 Å². The van der Waals surface area contributed by atoms with Crippen LogP contribution in [0.15, 0.2) is 41.3 Å². The molecule has 2 aliphatic rings. The zero-order valence-corrected chi connectivity index (χ0v) is 15.4. The third kappa shape index (κ3) is 2.46. The highest BCUT2D eigenvalue weighted by atomic mass is 79.9. The molecule has 5 nitrogen and oxygen atoms in total. The van der Waals surface area contributed by atoms with Gasteiger partial charge in [0.1, 0.15) is 11.3 Å². The van der Waals surface area contributed by atoms with Gasteiger partial charge in [-0.1, -0.05) is 11.3 Å². The van der Waals surface area contributed by atoms with Crippen LogP contribution < -0.4 is 9.80 Å². The first-order valence-electron chi connectivity index (χ1n) is 8.08. The molecule has 24 heavy (non-hydrogen) atoms. The van der Waals surface area contributed by atoms with Gasteiger partial charge in [-0.2, -0.15) is 0 Å². The second-order valence-electron chi connectivity index (χ2n) is 6.50. The summed E-state index contributed by atoms with van der Waals surface area (Å²) in [6.07, 6.45) is 5.57. The van der Waals surface area contributed by atoms with Gasteiger partial charge < -0.3 is 9.80 Å². The molecule has 0 aromatic carbocycles. The normalized spacial score (nSPS) is 23.2. The van der Waals surface area contributed by atoms with Gasteiger partial charge in [0, 0.05) is 54.9 Å². The van der Waals surface area contributed by atoms with E-state index in [1.807, 2.05) is 24.7 Å². The van der Waals surface area contributed by atoms with Gasteiger partial charge in [0.2, 0.25) is 0 Å². The number of nitrogens with zero attached hydrogens (tertiary/aromatic N) is 5. The van der Waals surface area contributed by atoms with Crippen molar-refractivity contribution in [1.82, 2.24) is 15.0 Å². The molecule has 0 spiro atoms. The Kier molecular flexibility index (Phi) is 3.45. The first kappa shape index (κ1) is 14.6. The average molecular weight is 402 g/mol. The molecule has 3 aromatic heterocycles. The second kappa shape index (κ2) is 5.67. The van der Waals surface area contributed by atoms with Gasteiger partial charge in [0.15, 0.2) is 5.13 Å². The molecule has 0 aliphatic carbocycles. The van der Waals surface area contributed by atoms with Crippen LogP contribution in [0, 0.1) is 11.8 Å². The lowest BCUT2D eigenvalue weighted by Crippen LogP contribution is -2.29. The van der Waals surface area contributed by atoms with Crippen LogP contribution in [0.1, 0.15) is 0 Å². The molecule has 5 rings (SSSR count). The number of halogens is 1. The van der Waals surface area contributed by atoms with Gasteiger partial charge in [0.25, 0.3) is 0 Å². The molecule has 2 fully saturated rings. The molecule has 122 valence electrons. The maximum absolute atomic E-state index is 4.76. The summed E-state index contributed by atoms with van der Waals surface area (Å²) < 4.78 is 2.25. The molecule has 0 bridgehead atoms. The smallest absolute Gasteiger partial charge is 0.186 e. The zero-order valence-electron chi connectivity index (χ0n) is 13.0. The Labute approximate surface area is 152 Å². The maximum Gasteiger partial charge on any atom is 0.186 e. The number of anilines is 2. The minimum atomic E-state index is 0.695. The van der Waals surface area contributed by atoms with Crippen molar-refractivity contribution in [3.63, 3.8) is 0 Å². The number of hydrogen-bond donors (Lipinski definition) is 0. The summed E-state index contributed by atoms with van der Waals surface area (Å²) in [5.74, 6) is 2.48. The van der Waals surface area contributed by atoms with Crippen LogP contribution in [-0.2, 0) is 0 Å². The van der Waals surface area contributed by atoms with Gasteiger partial charge in [0.05, 0.1) is 10.9 Å². The van der Waals surface area contributed by atoms with Gasteiger partial charge in [-0.15, -0.1) is 0 Å². The number of pyridine rings is 2. The van der Waals surface area contributed by atoms with Crippen molar-refractivity contribution in [3.05, 3.63) is 41.3 Å². The van der Waals surface area contributed by atoms with Crippen LogP contribution in [0.4, 0.5) is 10.9 Å². The van der Waals surface area contributed by atoms with E-state index in [0.29, 0.717) is 11.8 Å². The molecule has 2 saturated heterocycles. The summed E-state index contributed by atoms with van der Waals surface area (Å²) in [6, 6.07) is 6.22. The highest BCUT2D eigenvalue weighted by molar-refractivity contribution is 9.10. The molecule has 0 N–H and O–H groups in total. The van der Waals surface area contributed by atoms with Crippen molar-refractivity contribution >= 4 is 48.4 Å². The molecule has 0 amide bonds. The lowest BCUT2D eigenvalue weighted by Gasteiger charge is -2.22. The fourth-order valence-electron chi connectivity index (χ4n) is 3.79. The number of rotatable bonds is 2. The molecule has 0 saturated carbocycles. The first-order chi connectivity index (χ1) is 11.8. The summed E-state index contributed by atoms with van der Waals surface area (Å²) in [5.41, 5.74) is 1.01. The minimum Gasteiger partial charge on any atom is -0.356 e. The number of fused-ring (bicyclic) bond motifs is 2. The Balaban J connectivity index is 1.32. The largest absolute Gasteiger partial charge is 0.356 e. The van der Waals surface area contributed by atoms with E-state index in [0.717, 1.165) is 47.1 Å². The van der Waals surface area contributed by atoms with E-state index < -0.39 is 0 Å². The number of hydrogen-bond acceptors (Lipinski definition) is 6. The van der Waals surface area contributed by atoms with Crippen LogP contribution in [0.3, 0.4) is 0 Å². The van der Waals surface area contributed by atoms with Crippen molar-refractivity contribution in [2.45, 2.75) is 0 Å². The Morgan fingerprint density at radius 2 is 1.79 bits per heavy atom. The van der Waals surface area contributed by atoms with Crippen molar-refractivity contribution in [3.8, 4) is 0 Å². The van der Waals surface area contributed by atoms with E-state index in [1.54, 1.807) is 11.3 Å². The standard InChI is InChI=1S/C17H16BrN5S/c18-13-1-2-16(20-5-13)22-7-11-9-23(10-12(11)8-22)17-21-14-6-19-4-3-15(14)24-17/h1-6,11-12H,7-10H2. The minimum absolute atomic E-state index is 0.695. The zero-order chi connectivity index (χ0) is 16.1. The van der Waals surface area contributed by atoms with E-state index in [-0.39, 0.29) is 0 Å². The number of aromatic nitrogens is 3. The van der Waals surface area contributed by atoms with Crippen molar-refractivity contribution in [1.29, 1.82) is 0 Å². The Morgan fingerprint density at radius 3 is 2.50 bits per heavy atom.